The minimum atomic E-state index is -0.186. The number of carbonyl (C=O) groups excluding carboxylic acids is 1. The summed E-state index contributed by atoms with van der Waals surface area (Å²) in [5.41, 5.74) is 3.30. The second kappa shape index (κ2) is 9.94. The van der Waals surface area contributed by atoms with Crippen LogP contribution in [0.4, 0.5) is 0 Å². The van der Waals surface area contributed by atoms with Crippen LogP contribution in [0, 0.1) is 5.41 Å². The topological polar surface area (TPSA) is 44.8 Å². The fourth-order valence-corrected chi connectivity index (χ4v) is 3.63. The molecule has 0 amide bonds. The molecule has 1 unspecified atom stereocenters. The van der Waals surface area contributed by atoms with Crippen LogP contribution in [0.15, 0.2) is 12.1 Å². The van der Waals surface area contributed by atoms with Crippen LogP contribution in [0.2, 0.25) is 0 Å². The fraction of sp³-hybridized carbons (Fsp3) is 0.741. The molecular formula is C27H44O4. The first-order valence-electron chi connectivity index (χ1n) is 11.8. The molecule has 2 rings (SSSR count). The minimum absolute atomic E-state index is 0.0192. The second-order valence-electron chi connectivity index (χ2n) is 12.2. The van der Waals surface area contributed by atoms with Crippen molar-refractivity contribution in [2.75, 3.05) is 13.2 Å². The molecule has 1 aromatic rings. The molecule has 1 atom stereocenters. The SMILES string of the molecule is CC(C)(C)COC(=O)CCc1cc(C(C)(C)C)c(OC2CCCCO2)c(C(C)(C)C)c1. The first kappa shape index (κ1) is 25.7. The van der Waals surface area contributed by atoms with E-state index in [1.807, 2.05) is 0 Å². The highest BCUT2D eigenvalue weighted by atomic mass is 16.7. The first-order chi connectivity index (χ1) is 14.2. The summed E-state index contributed by atoms with van der Waals surface area (Å²) in [4.78, 5) is 12.3. The van der Waals surface area contributed by atoms with Gasteiger partial charge in [0.2, 0.25) is 0 Å². The molecule has 0 aliphatic carbocycles. The lowest BCUT2D eigenvalue weighted by atomic mass is 9.78. The number of rotatable bonds is 6. The predicted molar refractivity (Wildman–Crippen MR) is 127 cm³/mol. The lowest BCUT2D eigenvalue weighted by Gasteiger charge is -2.33. The third-order valence-electron chi connectivity index (χ3n) is 5.44. The van der Waals surface area contributed by atoms with Gasteiger partial charge in [-0.1, -0.05) is 74.4 Å². The van der Waals surface area contributed by atoms with E-state index in [1.54, 1.807) is 0 Å². The summed E-state index contributed by atoms with van der Waals surface area (Å²) in [6.07, 6.45) is 4.02. The Balaban J connectivity index is 2.32. The van der Waals surface area contributed by atoms with Crippen molar-refractivity contribution in [1.29, 1.82) is 0 Å². The van der Waals surface area contributed by atoms with Crippen LogP contribution < -0.4 is 4.74 Å². The van der Waals surface area contributed by atoms with Gasteiger partial charge in [-0.3, -0.25) is 4.79 Å². The zero-order chi connectivity index (χ0) is 23.4. The van der Waals surface area contributed by atoms with Crippen LogP contribution in [0.25, 0.3) is 0 Å². The third-order valence-corrected chi connectivity index (χ3v) is 5.44. The summed E-state index contributed by atoms with van der Waals surface area (Å²) in [7, 11) is 0. The van der Waals surface area contributed by atoms with Crippen molar-refractivity contribution in [1.82, 2.24) is 0 Å². The van der Waals surface area contributed by atoms with Crippen molar-refractivity contribution in [2.24, 2.45) is 5.41 Å². The smallest absolute Gasteiger partial charge is 0.306 e. The van der Waals surface area contributed by atoms with Crippen molar-refractivity contribution in [3.8, 4) is 5.75 Å². The Hall–Kier alpha value is -1.55. The van der Waals surface area contributed by atoms with Gasteiger partial charge in [-0.2, -0.15) is 0 Å². The Kier molecular flexibility index (Phi) is 8.24. The maximum Gasteiger partial charge on any atom is 0.306 e. The third kappa shape index (κ3) is 8.14. The standard InChI is InChI=1S/C27H44O4/c1-25(2,3)18-30-22(28)14-13-19-16-20(26(4,5)6)24(21(17-19)27(7,8)9)31-23-12-10-11-15-29-23/h16-17,23H,10-15,18H2,1-9H3. The number of ether oxygens (including phenoxy) is 3. The monoisotopic (exact) mass is 432 g/mol. The Morgan fingerprint density at radius 1 is 0.968 bits per heavy atom. The Morgan fingerprint density at radius 2 is 1.55 bits per heavy atom. The molecule has 0 saturated carbocycles. The molecule has 176 valence electrons. The number of esters is 1. The van der Waals surface area contributed by atoms with Crippen molar-refractivity contribution >= 4 is 5.97 Å². The van der Waals surface area contributed by atoms with Gasteiger partial charge in [0.05, 0.1) is 13.2 Å². The van der Waals surface area contributed by atoms with Crippen LogP contribution in [0.3, 0.4) is 0 Å². The molecule has 0 aromatic heterocycles. The Bertz CT molecular complexity index is 703. The summed E-state index contributed by atoms with van der Waals surface area (Å²) in [5, 5.41) is 0. The largest absolute Gasteiger partial charge is 0.465 e. The van der Waals surface area contributed by atoms with Crippen LogP contribution in [0.5, 0.6) is 5.75 Å². The van der Waals surface area contributed by atoms with E-state index >= 15 is 0 Å². The van der Waals surface area contributed by atoms with Crippen LogP contribution in [0.1, 0.15) is 105 Å². The van der Waals surface area contributed by atoms with Gasteiger partial charge in [0.25, 0.3) is 0 Å². The molecule has 0 spiro atoms. The molecule has 0 N–H and O–H groups in total. The Labute approximate surface area is 190 Å². The van der Waals surface area contributed by atoms with Gasteiger partial charge in [0.15, 0.2) is 6.29 Å². The van der Waals surface area contributed by atoms with E-state index in [0.29, 0.717) is 19.4 Å². The molecule has 31 heavy (non-hydrogen) atoms. The van der Waals surface area contributed by atoms with Crippen molar-refractivity contribution in [3.63, 3.8) is 0 Å². The summed E-state index contributed by atoms with van der Waals surface area (Å²) < 4.78 is 17.9. The number of hydrogen-bond donors (Lipinski definition) is 0. The maximum atomic E-state index is 12.3. The van der Waals surface area contributed by atoms with E-state index in [2.05, 4.69) is 74.4 Å². The second-order valence-corrected chi connectivity index (χ2v) is 12.2. The average molecular weight is 433 g/mol. The molecular weight excluding hydrogens is 388 g/mol. The molecule has 1 saturated heterocycles. The molecule has 4 heteroatoms. The van der Waals surface area contributed by atoms with Gasteiger partial charge in [0, 0.05) is 24.0 Å². The van der Waals surface area contributed by atoms with Gasteiger partial charge in [-0.25, -0.2) is 0 Å². The quantitative estimate of drug-likeness (QED) is 0.469. The molecule has 4 nitrogen and oxygen atoms in total. The van der Waals surface area contributed by atoms with Crippen LogP contribution in [-0.4, -0.2) is 25.5 Å². The molecule has 1 fully saturated rings. The van der Waals surface area contributed by atoms with E-state index in [4.69, 9.17) is 14.2 Å². The van der Waals surface area contributed by atoms with E-state index in [-0.39, 0.29) is 28.5 Å². The summed E-state index contributed by atoms with van der Waals surface area (Å²) in [6, 6.07) is 4.43. The van der Waals surface area contributed by atoms with Gasteiger partial charge >= 0.3 is 5.97 Å². The van der Waals surface area contributed by atoms with E-state index in [9.17, 15) is 4.79 Å². The van der Waals surface area contributed by atoms with Gasteiger partial charge in [-0.05, 0) is 41.1 Å². The minimum Gasteiger partial charge on any atom is -0.465 e. The van der Waals surface area contributed by atoms with Crippen LogP contribution >= 0.6 is 0 Å². The number of hydrogen-bond acceptors (Lipinski definition) is 4. The zero-order valence-electron chi connectivity index (χ0n) is 21.3. The molecule has 1 aromatic carbocycles. The highest BCUT2D eigenvalue weighted by Gasteiger charge is 2.30. The predicted octanol–water partition coefficient (Wildman–Crippen LogP) is 6.71. The van der Waals surface area contributed by atoms with E-state index in [0.717, 1.165) is 37.2 Å². The summed E-state index contributed by atoms with van der Waals surface area (Å²) in [6.45, 7) is 20.7. The Morgan fingerprint density at radius 3 is 2.00 bits per heavy atom. The molecule has 1 aliphatic rings. The number of carbonyl (C=O) groups is 1. The first-order valence-corrected chi connectivity index (χ1v) is 11.8. The highest BCUT2D eigenvalue weighted by Crippen LogP contribution is 2.42. The fourth-order valence-electron chi connectivity index (χ4n) is 3.63. The molecule has 0 bridgehead atoms. The zero-order valence-corrected chi connectivity index (χ0v) is 21.3. The van der Waals surface area contributed by atoms with Crippen molar-refractivity contribution < 1.29 is 19.0 Å². The van der Waals surface area contributed by atoms with E-state index < -0.39 is 0 Å². The normalized spacial score (nSPS) is 18.0. The molecule has 1 aliphatic heterocycles. The van der Waals surface area contributed by atoms with E-state index in [1.165, 1.54) is 11.1 Å². The lowest BCUT2D eigenvalue weighted by Crippen LogP contribution is -2.29. The maximum absolute atomic E-state index is 12.3. The average Bonchev–Trinajstić information content (AvgIpc) is 2.63. The molecule has 0 radical (unpaired) electrons. The van der Waals surface area contributed by atoms with Gasteiger partial charge in [-0.15, -0.1) is 0 Å². The summed E-state index contributed by atoms with van der Waals surface area (Å²) >= 11 is 0. The van der Waals surface area contributed by atoms with Crippen LogP contribution in [-0.2, 0) is 31.5 Å². The van der Waals surface area contributed by atoms with Gasteiger partial charge < -0.3 is 14.2 Å². The summed E-state index contributed by atoms with van der Waals surface area (Å²) in [5.74, 6) is 0.812. The van der Waals surface area contributed by atoms with Gasteiger partial charge in [0.1, 0.15) is 5.75 Å². The van der Waals surface area contributed by atoms with Crippen molar-refractivity contribution in [2.45, 2.75) is 112 Å². The number of benzene rings is 1. The highest BCUT2D eigenvalue weighted by molar-refractivity contribution is 5.69. The molecule has 1 heterocycles. The number of aryl methyl sites for hydroxylation is 1. The lowest BCUT2D eigenvalue weighted by molar-refractivity contribution is -0.146. The van der Waals surface area contributed by atoms with Crippen molar-refractivity contribution in [3.05, 3.63) is 28.8 Å².